The van der Waals surface area contributed by atoms with Crippen molar-refractivity contribution in [2.24, 2.45) is 0 Å². The molecular formula is C30H40N4O2. The van der Waals surface area contributed by atoms with Crippen molar-refractivity contribution >= 4 is 23.2 Å². The van der Waals surface area contributed by atoms with Gasteiger partial charge in [0.1, 0.15) is 5.60 Å². The van der Waals surface area contributed by atoms with Crippen LogP contribution in [-0.2, 0) is 4.74 Å². The van der Waals surface area contributed by atoms with Gasteiger partial charge in [-0.1, -0.05) is 36.4 Å². The Morgan fingerprint density at radius 3 is 1.53 bits per heavy atom. The Morgan fingerprint density at radius 2 is 1.14 bits per heavy atom. The molecule has 3 rings (SSSR count). The van der Waals surface area contributed by atoms with E-state index in [1.54, 1.807) is 0 Å². The minimum Gasteiger partial charge on any atom is -0.444 e. The highest BCUT2D eigenvalue weighted by Crippen LogP contribution is 2.34. The number of hydrogen-bond acceptors (Lipinski definition) is 5. The summed E-state index contributed by atoms with van der Waals surface area (Å²) in [7, 11) is 8.23. The fourth-order valence-electron chi connectivity index (χ4n) is 3.99. The van der Waals surface area contributed by atoms with Crippen molar-refractivity contribution in [1.29, 1.82) is 0 Å². The molecule has 36 heavy (non-hydrogen) atoms. The summed E-state index contributed by atoms with van der Waals surface area (Å²) in [4.78, 5) is 16.0. The molecule has 0 spiro atoms. The summed E-state index contributed by atoms with van der Waals surface area (Å²) in [5.74, 6) is 0.125. The highest BCUT2D eigenvalue weighted by atomic mass is 16.6. The molecule has 6 nitrogen and oxygen atoms in total. The molecule has 0 unspecified atom stereocenters. The van der Waals surface area contributed by atoms with Gasteiger partial charge in [-0.05, 0) is 73.9 Å². The zero-order valence-electron chi connectivity index (χ0n) is 22.6. The zero-order chi connectivity index (χ0) is 26.3. The second-order valence-electron chi connectivity index (χ2n) is 10.4. The van der Waals surface area contributed by atoms with Crippen LogP contribution in [0.4, 0.5) is 21.9 Å². The normalized spacial score (nSPS) is 11.2. The fraction of sp³-hybridized carbons (Fsp3) is 0.367. The van der Waals surface area contributed by atoms with Gasteiger partial charge in [0, 0.05) is 64.3 Å². The molecular weight excluding hydrogens is 448 g/mol. The summed E-state index contributed by atoms with van der Waals surface area (Å²) < 4.78 is 5.27. The second kappa shape index (κ2) is 11.8. The summed E-state index contributed by atoms with van der Waals surface area (Å²) in [6.07, 6.45) is -0.400. The maximum absolute atomic E-state index is 11.8. The van der Waals surface area contributed by atoms with Crippen molar-refractivity contribution in [3.8, 4) is 0 Å². The van der Waals surface area contributed by atoms with Gasteiger partial charge in [-0.15, -0.1) is 0 Å². The largest absolute Gasteiger partial charge is 0.444 e. The fourth-order valence-corrected chi connectivity index (χ4v) is 3.99. The summed E-state index contributed by atoms with van der Waals surface area (Å²) in [6, 6.07) is 26.1. The lowest BCUT2D eigenvalue weighted by molar-refractivity contribution is 0.0530. The number of carbonyl (C=O) groups excluding carboxylic acids is 1. The van der Waals surface area contributed by atoms with Gasteiger partial charge < -0.3 is 25.2 Å². The lowest BCUT2D eigenvalue weighted by Gasteiger charge is -2.22. The Labute approximate surface area is 216 Å². The van der Waals surface area contributed by atoms with Gasteiger partial charge in [0.15, 0.2) is 0 Å². The summed E-state index contributed by atoms with van der Waals surface area (Å²) >= 11 is 0. The van der Waals surface area contributed by atoms with E-state index in [1.165, 1.54) is 28.1 Å². The van der Waals surface area contributed by atoms with Gasteiger partial charge in [-0.25, -0.2) is 4.79 Å². The van der Waals surface area contributed by atoms with E-state index in [1.807, 2.05) is 20.8 Å². The molecule has 0 saturated heterocycles. The Bertz CT molecular complexity index is 1050. The van der Waals surface area contributed by atoms with Gasteiger partial charge in [-0.2, -0.15) is 0 Å². The Kier molecular flexibility index (Phi) is 8.86. The van der Waals surface area contributed by atoms with Crippen molar-refractivity contribution in [1.82, 2.24) is 5.32 Å². The van der Waals surface area contributed by atoms with Gasteiger partial charge in [0.2, 0.25) is 0 Å². The average molecular weight is 489 g/mol. The van der Waals surface area contributed by atoms with Crippen LogP contribution in [0.25, 0.3) is 0 Å². The lowest BCUT2D eigenvalue weighted by atomic mass is 9.85. The highest BCUT2D eigenvalue weighted by molar-refractivity contribution is 5.67. The minimum atomic E-state index is -0.497. The molecule has 192 valence electrons. The average Bonchev–Trinajstić information content (AvgIpc) is 2.82. The van der Waals surface area contributed by atoms with Crippen LogP contribution in [0.3, 0.4) is 0 Å². The maximum atomic E-state index is 11.8. The molecule has 3 aromatic rings. The first kappa shape index (κ1) is 26.9. The molecule has 0 heterocycles. The van der Waals surface area contributed by atoms with Crippen LogP contribution in [0.15, 0.2) is 72.8 Å². The second-order valence-corrected chi connectivity index (χ2v) is 10.4. The summed E-state index contributed by atoms with van der Waals surface area (Å²) in [5, 5.41) is 6.14. The molecule has 0 aliphatic heterocycles. The molecule has 0 radical (unpaired) electrons. The SMILES string of the molecule is CN(C)c1ccc(C(c2ccc(NCCNC(=O)OC(C)(C)C)cc2)c2ccc(N(C)C)cc2)cc1. The molecule has 3 aromatic carbocycles. The van der Waals surface area contributed by atoms with Crippen molar-refractivity contribution in [3.63, 3.8) is 0 Å². The number of carbonyl (C=O) groups is 1. The third kappa shape index (κ3) is 7.67. The number of alkyl carbamates (subject to hydrolysis) is 1. The van der Waals surface area contributed by atoms with Gasteiger partial charge in [0.25, 0.3) is 0 Å². The van der Waals surface area contributed by atoms with Crippen molar-refractivity contribution in [3.05, 3.63) is 89.5 Å². The summed E-state index contributed by atoms with van der Waals surface area (Å²) in [6.45, 7) is 6.66. The summed E-state index contributed by atoms with van der Waals surface area (Å²) in [5.41, 5.74) is 6.60. The number of hydrogen-bond donors (Lipinski definition) is 2. The molecule has 0 bridgehead atoms. The first-order valence-corrected chi connectivity index (χ1v) is 12.4. The molecule has 0 aliphatic carbocycles. The van der Waals surface area contributed by atoms with E-state index >= 15 is 0 Å². The standard InChI is InChI=1S/C30H40N4O2/c1-30(2,3)36-29(35)32-21-20-31-25-14-8-22(9-15-25)28(23-10-16-26(17-11-23)33(4)5)24-12-18-27(19-13-24)34(6)7/h8-19,28,31H,20-21H2,1-7H3,(H,32,35). The molecule has 0 aliphatic rings. The van der Waals surface area contributed by atoms with Crippen LogP contribution in [-0.4, -0.2) is 53.0 Å². The van der Waals surface area contributed by atoms with Crippen LogP contribution < -0.4 is 20.4 Å². The van der Waals surface area contributed by atoms with Crippen LogP contribution >= 0.6 is 0 Å². The van der Waals surface area contributed by atoms with Gasteiger partial charge in [-0.3, -0.25) is 0 Å². The topological polar surface area (TPSA) is 56.8 Å². The third-order valence-electron chi connectivity index (χ3n) is 5.85. The van der Waals surface area contributed by atoms with Crippen LogP contribution in [0.1, 0.15) is 43.4 Å². The predicted molar refractivity (Wildman–Crippen MR) is 152 cm³/mol. The van der Waals surface area contributed by atoms with E-state index in [2.05, 4.69) is 121 Å². The molecule has 0 saturated carbocycles. The van der Waals surface area contributed by atoms with E-state index < -0.39 is 11.7 Å². The molecule has 0 fully saturated rings. The first-order chi connectivity index (χ1) is 17.0. The molecule has 6 heteroatoms. The van der Waals surface area contributed by atoms with Crippen LogP contribution in [0, 0.1) is 0 Å². The first-order valence-electron chi connectivity index (χ1n) is 12.4. The molecule has 1 amide bonds. The smallest absolute Gasteiger partial charge is 0.407 e. The molecule has 0 aromatic heterocycles. The van der Waals surface area contributed by atoms with E-state index in [0.717, 1.165) is 5.69 Å². The van der Waals surface area contributed by atoms with E-state index in [9.17, 15) is 4.79 Å². The number of nitrogens with zero attached hydrogens (tertiary/aromatic N) is 2. The number of amides is 1. The molecule has 0 atom stereocenters. The lowest BCUT2D eigenvalue weighted by Crippen LogP contribution is -2.34. The van der Waals surface area contributed by atoms with Crippen molar-refractivity contribution in [2.75, 3.05) is 56.4 Å². The maximum Gasteiger partial charge on any atom is 0.407 e. The number of rotatable bonds is 9. The quantitative estimate of drug-likeness (QED) is 0.289. The number of benzene rings is 3. The van der Waals surface area contributed by atoms with Crippen LogP contribution in [0.2, 0.25) is 0 Å². The van der Waals surface area contributed by atoms with Gasteiger partial charge in [0.05, 0.1) is 0 Å². The predicted octanol–water partition coefficient (Wildman–Crippen LogP) is 5.94. The van der Waals surface area contributed by atoms with Crippen molar-refractivity contribution < 1.29 is 9.53 Å². The van der Waals surface area contributed by atoms with E-state index in [0.29, 0.717) is 13.1 Å². The highest BCUT2D eigenvalue weighted by Gasteiger charge is 2.18. The molecule has 2 N–H and O–H groups in total. The van der Waals surface area contributed by atoms with Crippen LogP contribution in [0.5, 0.6) is 0 Å². The Balaban J connectivity index is 1.74. The van der Waals surface area contributed by atoms with Gasteiger partial charge >= 0.3 is 6.09 Å². The monoisotopic (exact) mass is 488 g/mol. The van der Waals surface area contributed by atoms with E-state index in [-0.39, 0.29) is 5.92 Å². The number of ether oxygens (including phenoxy) is 1. The third-order valence-corrected chi connectivity index (χ3v) is 5.85. The minimum absolute atomic E-state index is 0.125. The van der Waals surface area contributed by atoms with E-state index in [4.69, 9.17) is 4.74 Å². The zero-order valence-corrected chi connectivity index (χ0v) is 22.6. The Hall–Kier alpha value is -3.67. The number of nitrogens with one attached hydrogen (secondary N) is 2. The number of anilines is 3. The van der Waals surface area contributed by atoms with Crippen molar-refractivity contribution in [2.45, 2.75) is 32.3 Å². The Morgan fingerprint density at radius 1 is 0.722 bits per heavy atom.